The summed E-state index contributed by atoms with van der Waals surface area (Å²) >= 11 is 0. The van der Waals surface area contributed by atoms with Gasteiger partial charge in [-0.05, 0) is 24.4 Å². The molecule has 2 nitrogen and oxygen atoms in total. The molecule has 0 aliphatic carbocycles. The fourth-order valence-electron chi connectivity index (χ4n) is 2.15. The Kier molecular flexibility index (Phi) is 5.67. The first-order valence-corrected chi connectivity index (χ1v) is 6.95. The van der Waals surface area contributed by atoms with Crippen LogP contribution in [0.15, 0.2) is 24.3 Å². The second-order valence-electron chi connectivity index (χ2n) is 5.74. The Bertz CT molecular complexity index is 354. The molecule has 1 rings (SSSR count). The highest BCUT2D eigenvalue weighted by atomic mass is 16.5. The summed E-state index contributed by atoms with van der Waals surface area (Å²) in [6.07, 6.45) is 1.04. The zero-order chi connectivity index (χ0) is 13.6. The summed E-state index contributed by atoms with van der Waals surface area (Å²) in [6.45, 7) is 12.8. The molecule has 18 heavy (non-hydrogen) atoms. The van der Waals surface area contributed by atoms with Gasteiger partial charge in [-0.15, -0.1) is 0 Å². The van der Waals surface area contributed by atoms with E-state index in [0.717, 1.165) is 25.3 Å². The molecule has 2 heteroatoms. The van der Waals surface area contributed by atoms with Crippen molar-refractivity contribution in [1.82, 2.24) is 5.32 Å². The third kappa shape index (κ3) is 4.02. The van der Waals surface area contributed by atoms with Crippen LogP contribution in [0.5, 0.6) is 5.75 Å². The second-order valence-corrected chi connectivity index (χ2v) is 5.74. The molecule has 0 heterocycles. The third-order valence-corrected chi connectivity index (χ3v) is 2.97. The SMILES string of the molecule is CCCOc1ccccc1C(NCC)C(C)(C)C. The van der Waals surface area contributed by atoms with Gasteiger partial charge in [0.05, 0.1) is 6.61 Å². The van der Waals surface area contributed by atoms with E-state index in [1.54, 1.807) is 0 Å². The van der Waals surface area contributed by atoms with Gasteiger partial charge in [0.2, 0.25) is 0 Å². The number of benzene rings is 1. The Morgan fingerprint density at radius 3 is 2.39 bits per heavy atom. The first-order valence-electron chi connectivity index (χ1n) is 6.95. The van der Waals surface area contributed by atoms with Gasteiger partial charge in [0.25, 0.3) is 0 Å². The summed E-state index contributed by atoms with van der Waals surface area (Å²) in [5, 5.41) is 3.58. The first kappa shape index (κ1) is 15.0. The Morgan fingerprint density at radius 1 is 1.17 bits per heavy atom. The molecule has 102 valence electrons. The van der Waals surface area contributed by atoms with E-state index < -0.39 is 0 Å². The number of ether oxygens (including phenoxy) is 1. The van der Waals surface area contributed by atoms with Gasteiger partial charge in [0.1, 0.15) is 5.75 Å². The van der Waals surface area contributed by atoms with Crippen LogP contribution in [0.1, 0.15) is 52.6 Å². The summed E-state index contributed by atoms with van der Waals surface area (Å²) in [6, 6.07) is 8.69. The monoisotopic (exact) mass is 249 g/mol. The minimum atomic E-state index is 0.168. The van der Waals surface area contributed by atoms with Crippen molar-refractivity contribution in [1.29, 1.82) is 0 Å². The number of nitrogens with one attached hydrogen (secondary N) is 1. The van der Waals surface area contributed by atoms with Crippen molar-refractivity contribution >= 4 is 0 Å². The van der Waals surface area contributed by atoms with Crippen LogP contribution in [0.3, 0.4) is 0 Å². The van der Waals surface area contributed by atoms with Crippen molar-refractivity contribution in [3.63, 3.8) is 0 Å². The predicted molar refractivity (Wildman–Crippen MR) is 78.1 cm³/mol. The minimum Gasteiger partial charge on any atom is -0.493 e. The van der Waals surface area contributed by atoms with E-state index in [0.29, 0.717) is 6.04 Å². The molecule has 0 radical (unpaired) electrons. The van der Waals surface area contributed by atoms with Gasteiger partial charge in [-0.1, -0.05) is 52.8 Å². The number of hydrogen-bond acceptors (Lipinski definition) is 2. The molecule has 0 spiro atoms. The predicted octanol–water partition coefficient (Wildman–Crippen LogP) is 4.17. The van der Waals surface area contributed by atoms with Gasteiger partial charge in [0.15, 0.2) is 0 Å². The Hall–Kier alpha value is -1.02. The molecule has 0 bridgehead atoms. The number of rotatable bonds is 6. The van der Waals surface area contributed by atoms with Crippen molar-refractivity contribution in [3.8, 4) is 5.75 Å². The molecule has 0 aliphatic heterocycles. The Morgan fingerprint density at radius 2 is 1.83 bits per heavy atom. The highest BCUT2D eigenvalue weighted by Gasteiger charge is 2.27. The van der Waals surface area contributed by atoms with Gasteiger partial charge in [-0.3, -0.25) is 0 Å². The van der Waals surface area contributed by atoms with E-state index in [2.05, 4.69) is 58.1 Å². The average molecular weight is 249 g/mol. The fraction of sp³-hybridized carbons (Fsp3) is 0.625. The maximum absolute atomic E-state index is 5.87. The van der Waals surface area contributed by atoms with Gasteiger partial charge < -0.3 is 10.1 Å². The lowest BCUT2D eigenvalue weighted by Gasteiger charge is -2.33. The molecular weight excluding hydrogens is 222 g/mol. The Balaban J connectivity index is 3.03. The largest absolute Gasteiger partial charge is 0.493 e. The van der Waals surface area contributed by atoms with E-state index in [1.165, 1.54) is 5.56 Å². The molecular formula is C16H27NO. The van der Waals surface area contributed by atoms with E-state index >= 15 is 0 Å². The topological polar surface area (TPSA) is 21.3 Å². The quantitative estimate of drug-likeness (QED) is 0.817. The van der Waals surface area contributed by atoms with Gasteiger partial charge in [-0.25, -0.2) is 0 Å². The van der Waals surface area contributed by atoms with Crippen LogP contribution in [0, 0.1) is 5.41 Å². The van der Waals surface area contributed by atoms with E-state index in [9.17, 15) is 0 Å². The number of hydrogen-bond donors (Lipinski definition) is 1. The van der Waals surface area contributed by atoms with Crippen LogP contribution in [0.4, 0.5) is 0 Å². The molecule has 0 aliphatic rings. The van der Waals surface area contributed by atoms with Gasteiger partial charge in [0, 0.05) is 11.6 Å². The van der Waals surface area contributed by atoms with Crippen LogP contribution < -0.4 is 10.1 Å². The first-order chi connectivity index (χ1) is 8.50. The third-order valence-electron chi connectivity index (χ3n) is 2.97. The lowest BCUT2D eigenvalue weighted by molar-refractivity contribution is 0.258. The molecule has 0 amide bonds. The molecule has 1 aromatic rings. The van der Waals surface area contributed by atoms with Crippen molar-refractivity contribution in [3.05, 3.63) is 29.8 Å². The highest BCUT2D eigenvalue weighted by Crippen LogP contribution is 2.37. The van der Waals surface area contributed by atoms with Crippen LogP contribution in [-0.4, -0.2) is 13.2 Å². The second kappa shape index (κ2) is 6.79. The van der Waals surface area contributed by atoms with E-state index in [-0.39, 0.29) is 5.41 Å². The molecule has 1 atom stereocenters. The molecule has 0 fully saturated rings. The summed E-state index contributed by atoms with van der Waals surface area (Å²) < 4.78 is 5.87. The summed E-state index contributed by atoms with van der Waals surface area (Å²) in [5.41, 5.74) is 1.43. The summed E-state index contributed by atoms with van der Waals surface area (Å²) in [7, 11) is 0. The van der Waals surface area contributed by atoms with E-state index in [1.807, 2.05) is 6.07 Å². The zero-order valence-electron chi connectivity index (χ0n) is 12.4. The lowest BCUT2D eigenvalue weighted by Crippen LogP contribution is -2.32. The molecule has 1 N–H and O–H groups in total. The maximum Gasteiger partial charge on any atom is 0.124 e. The van der Waals surface area contributed by atoms with Crippen molar-refractivity contribution < 1.29 is 4.74 Å². The smallest absolute Gasteiger partial charge is 0.124 e. The molecule has 0 aromatic heterocycles. The van der Waals surface area contributed by atoms with Crippen molar-refractivity contribution in [2.45, 2.75) is 47.1 Å². The minimum absolute atomic E-state index is 0.168. The lowest BCUT2D eigenvalue weighted by atomic mass is 9.82. The van der Waals surface area contributed by atoms with E-state index in [4.69, 9.17) is 4.74 Å². The molecule has 0 saturated carbocycles. The van der Waals surface area contributed by atoms with Crippen molar-refractivity contribution in [2.24, 2.45) is 5.41 Å². The van der Waals surface area contributed by atoms with Crippen LogP contribution >= 0.6 is 0 Å². The summed E-state index contributed by atoms with van der Waals surface area (Å²) in [4.78, 5) is 0. The van der Waals surface area contributed by atoms with Crippen molar-refractivity contribution in [2.75, 3.05) is 13.2 Å². The normalized spacial score (nSPS) is 13.4. The van der Waals surface area contributed by atoms with Crippen LogP contribution in [-0.2, 0) is 0 Å². The standard InChI is InChI=1S/C16H27NO/c1-6-12-18-14-11-9-8-10-13(14)15(17-7-2)16(3,4)5/h8-11,15,17H,6-7,12H2,1-5H3. The average Bonchev–Trinajstić information content (AvgIpc) is 2.32. The Labute approximate surface area is 112 Å². The zero-order valence-corrected chi connectivity index (χ0v) is 12.4. The van der Waals surface area contributed by atoms with Crippen LogP contribution in [0.25, 0.3) is 0 Å². The highest BCUT2D eigenvalue weighted by molar-refractivity contribution is 5.37. The molecule has 1 aromatic carbocycles. The van der Waals surface area contributed by atoms with Gasteiger partial charge in [-0.2, -0.15) is 0 Å². The molecule has 1 unspecified atom stereocenters. The van der Waals surface area contributed by atoms with Crippen LogP contribution in [0.2, 0.25) is 0 Å². The summed E-state index contributed by atoms with van der Waals surface area (Å²) in [5.74, 6) is 1.01. The maximum atomic E-state index is 5.87. The molecule has 0 saturated heterocycles. The van der Waals surface area contributed by atoms with Gasteiger partial charge >= 0.3 is 0 Å². The number of para-hydroxylation sites is 1. The fourth-order valence-corrected chi connectivity index (χ4v) is 2.15.